The third-order valence-corrected chi connectivity index (χ3v) is 1.01. The molecule has 1 N–H and O–H groups in total. The highest BCUT2D eigenvalue weighted by atomic mass is 19.1. The summed E-state index contributed by atoms with van der Waals surface area (Å²) in [7, 11) is 0. The summed E-state index contributed by atoms with van der Waals surface area (Å²) < 4.78 is 12.2. The van der Waals surface area contributed by atoms with Crippen molar-refractivity contribution in [2.24, 2.45) is 0 Å². The Kier molecular flexibility index (Phi) is 1.67. The molecule has 11 heavy (non-hydrogen) atoms. The van der Waals surface area contributed by atoms with Gasteiger partial charge >= 0.3 is 0 Å². The highest BCUT2D eigenvalue weighted by molar-refractivity contribution is 5.25. The third kappa shape index (κ3) is 1.60. The number of nitrogens with one attached hydrogen (secondary N) is 1. The number of hydrogen-bond donors (Lipinski definition) is 1. The molecule has 1 aromatic heterocycles. The molecule has 0 atom stereocenters. The molecule has 0 aliphatic heterocycles. The topological polar surface area (TPSA) is 76.0 Å². The van der Waals surface area contributed by atoms with E-state index in [1.54, 1.807) is 4.98 Å². The zero-order chi connectivity index (χ0) is 8.43. The lowest BCUT2D eigenvalue weighted by molar-refractivity contribution is -0.385. The second-order valence-corrected chi connectivity index (χ2v) is 1.81. The molecule has 5 nitrogen and oxygen atoms in total. The molecule has 0 bridgehead atoms. The van der Waals surface area contributed by atoms with Crippen molar-refractivity contribution in [3.8, 4) is 0 Å². The van der Waals surface area contributed by atoms with Crippen LogP contribution in [0.15, 0.2) is 16.9 Å². The lowest BCUT2D eigenvalue weighted by Crippen LogP contribution is -2.07. The van der Waals surface area contributed by atoms with Crippen LogP contribution in [0.3, 0.4) is 0 Å². The number of aromatic amines is 1. The van der Waals surface area contributed by atoms with E-state index in [4.69, 9.17) is 0 Å². The van der Waals surface area contributed by atoms with Crippen molar-refractivity contribution in [2.75, 3.05) is 0 Å². The van der Waals surface area contributed by atoms with Crippen LogP contribution in [0.4, 0.5) is 10.1 Å². The number of pyridine rings is 1. The van der Waals surface area contributed by atoms with Crippen molar-refractivity contribution in [3.05, 3.63) is 38.5 Å². The number of aromatic nitrogens is 1. The normalized spacial score (nSPS) is 9.55. The molecule has 0 aliphatic rings. The van der Waals surface area contributed by atoms with E-state index in [0.717, 1.165) is 0 Å². The molecule has 0 radical (unpaired) electrons. The molecule has 0 amide bonds. The van der Waals surface area contributed by atoms with Crippen LogP contribution < -0.4 is 5.56 Å². The standard InChI is InChI=1S/C5H3FN2O3/c6-4-1-3(8(10)11)2-5(9)7-4/h1-2H,(H,7,9). The first kappa shape index (κ1) is 7.39. The Hall–Kier alpha value is -1.72. The average molecular weight is 158 g/mol. The summed E-state index contributed by atoms with van der Waals surface area (Å²) in [6, 6.07) is 1.35. The third-order valence-electron chi connectivity index (χ3n) is 1.01. The molecule has 0 aromatic carbocycles. The maximum absolute atomic E-state index is 12.2. The van der Waals surface area contributed by atoms with E-state index >= 15 is 0 Å². The summed E-state index contributed by atoms with van der Waals surface area (Å²) in [5, 5.41) is 9.99. The molecule has 58 valence electrons. The van der Waals surface area contributed by atoms with Crippen LogP contribution in [0.25, 0.3) is 0 Å². The first-order valence-corrected chi connectivity index (χ1v) is 2.64. The van der Waals surface area contributed by atoms with E-state index in [9.17, 15) is 19.3 Å². The zero-order valence-electron chi connectivity index (χ0n) is 5.20. The van der Waals surface area contributed by atoms with Crippen molar-refractivity contribution < 1.29 is 9.31 Å². The minimum absolute atomic E-state index is 0.550. The van der Waals surface area contributed by atoms with Crippen LogP contribution in [-0.2, 0) is 0 Å². The Morgan fingerprint density at radius 2 is 2.18 bits per heavy atom. The molecule has 0 unspecified atom stereocenters. The van der Waals surface area contributed by atoms with E-state index in [1.165, 1.54) is 0 Å². The van der Waals surface area contributed by atoms with E-state index in [2.05, 4.69) is 0 Å². The Morgan fingerprint density at radius 3 is 2.64 bits per heavy atom. The van der Waals surface area contributed by atoms with Gasteiger partial charge in [-0.05, 0) is 0 Å². The maximum atomic E-state index is 12.2. The monoisotopic (exact) mass is 158 g/mol. The fourth-order valence-electron chi connectivity index (χ4n) is 0.601. The van der Waals surface area contributed by atoms with Gasteiger partial charge in [0.1, 0.15) is 0 Å². The van der Waals surface area contributed by atoms with Crippen molar-refractivity contribution in [1.29, 1.82) is 0 Å². The molecule has 0 saturated carbocycles. The molecule has 6 heteroatoms. The van der Waals surface area contributed by atoms with Gasteiger partial charge in [-0.3, -0.25) is 19.9 Å². The Bertz CT molecular complexity index is 346. The van der Waals surface area contributed by atoms with Crippen molar-refractivity contribution >= 4 is 5.69 Å². The average Bonchev–Trinajstić information content (AvgIpc) is 1.85. The SMILES string of the molecule is O=c1cc([N+](=O)[O-])cc(F)[nH]1. The van der Waals surface area contributed by atoms with E-state index in [-0.39, 0.29) is 0 Å². The minimum Gasteiger partial charge on any atom is -0.298 e. The van der Waals surface area contributed by atoms with Gasteiger partial charge in [-0.25, -0.2) is 0 Å². The highest BCUT2D eigenvalue weighted by Gasteiger charge is 2.07. The lowest BCUT2D eigenvalue weighted by atomic mass is 10.4. The minimum atomic E-state index is -1.01. The van der Waals surface area contributed by atoms with Crippen LogP contribution in [0.2, 0.25) is 0 Å². The predicted molar refractivity (Wildman–Crippen MR) is 33.7 cm³/mol. The molecular weight excluding hydrogens is 155 g/mol. The number of nitro groups is 1. The van der Waals surface area contributed by atoms with Gasteiger partial charge in [0.25, 0.3) is 11.2 Å². The molecule has 1 aromatic rings. The van der Waals surface area contributed by atoms with Gasteiger partial charge in [-0.15, -0.1) is 0 Å². The fourth-order valence-corrected chi connectivity index (χ4v) is 0.601. The quantitative estimate of drug-likeness (QED) is 0.365. The second kappa shape index (κ2) is 2.49. The molecule has 0 spiro atoms. The van der Waals surface area contributed by atoms with Crippen LogP contribution in [0, 0.1) is 16.1 Å². The number of nitrogens with zero attached hydrogens (tertiary/aromatic N) is 1. The first-order chi connectivity index (χ1) is 5.09. The van der Waals surface area contributed by atoms with Crippen molar-refractivity contribution in [1.82, 2.24) is 4.98 Å². The summed E-state index contributed by atoms with van der Waals surface area (Å²) in [4.78, 5) is 21.3. The fraction of sp³-hybridized carbons (Fsp3) is 0. The predicted octanol–water partition coefficient (Wildman–Crippen LogP) is 0.422. The van der Waals surface area contributed by atoms with Gasteiger partial charge < -0.3 is 0 Å². The van der Waals surface area contributed by atoms with Gasteiger partial charge in [-0.1, -0.05) is 0 Å². The van der Waals surface area contributed by atoms with Crippen LogP contribution in [0.1, 0.15) is 0 Å². The van der Waals surface area contributed by atoms with Gasteiger partial charge in [0.2, 0.25) is 5.95 Å². The summed E-state index contributed by atoms with van der Waals surface area (Å²) >= 11 is 0. The number of rotatable bonds is 1. The molecule has 0 fully saturated rings. The number of halogens is 1. The van der Waals surface area contributed by atoms with Crippen molar-refractivity contribution in [3.63, 3.8) is 0 Å². The number of H-pyrrole nitrogens is 1. The lowest BCUT2D eigenvalue weighted by Gasteiger charge is -1.88. The van der Waals surface area contributed by atoms with Crippen LogP contribution in [0.5, 0.6) is 0 Å². The van der Waals surface area contributed by atoms with Gasteiger partial charge in [0.15, 0.2) is 0 Å². The first-order valence-electron chi connectivity index (χ1n) is 2.64. The van der Waals surface area contributed by atoms with E-state index in [0.29, 0.717) is 12.1 Å². The van der Waals surface area contributed by atoms with Gasteiger partial charge in [0.05, 0.1) is 17.1 Å². The van der Waals surface area contributed by atoms with Crippen LogP contribution >= 0.6 is 0 Å². The summed E-state index contributed by atoms with van der Waals surface area (Å²) in [6.45, 7) is 0. The molecule has 0 saturated heterocycles. The zero-order valence-corrected chi connectivity index (χ0v) is 5.20. The van der Waals surface area contributed by atoms with Gasteiger partial charge in [0, 0.05) is 0 Å². The Morgan fingerprint density at radius 1 is 1.55 bits per heavy atom. The maximum Gasteiger partial charge on any atom is 0.279 e. The summed E-state index contributed by atoms with van der Waals surface area (Å²) in [5.41, 5.74) is -1.37. The second-order valence-electron chi connectivity index (χ2n) is 1.81. The molecular formula is C5H3FN2O3. The van der Waals surface area contributed by atoms with Crippen molar-refractivity contribution in [2.45, 2.75) is 0 Å². The van der Waals surface area contributed by atoms with Crippen LogP contribution in [-0.4, -0.2) is 9.91 Å². The largest absolute Gasteiger partial charge is 0.298 e. The highest BCUT2D eigenvalue weighted by Crippen LogP contribution is 2.06. The summed E-state index contributed by atoms with van der Waals surface area (Å²) in [5.74, 6) is -1.01. The Balaban J connectivity index is 3.30. The van der Waals surface area contributed by atoms with Gasteiger partial charge in [-0.2, -0.15) is 4.39 Å². The van der Waals surface area contributed by atoms with E-state index in [1.807, 2.05) is 0 Å². The summed E-state index contributed by atoms with van der Waals surface area (Å²) in [6.07, 6.45) is 0. The molecule has 1 rings (SSSR count). The smallest absolute Gasteiger partial charge is 0.279 e. The molecule has 1 heterocycles. The molecule has 0 aliphatic carbocycles. The van der Waals surface area contributed by atoms with E-state index < -0.39 is 22.1 Å². The Labute approximate surface area is 59.6 Å². The number of hydrogen-bond acceptors (Lipinski definition) is 3.